The Bertz CT molecular complexity index is 411. The highest BCUT2D eigenvalue weighted by Crippen LogP contribution is 2.21. The lowest BCUT2D eigenvalue weighted by Gasteiger charge is -2.11. The van der Waals surface area contributed by atoms with E-state index >= 15 is 0 Å². The first-order valence-electron chi connectivity index (χ1n) is 4.70. The molecule has 0 amide bonds. The molecule has 86 valence electrons. The Hall–Kier alpha value is -0.430. The second-order valence-electron chi connectivity index (χ2n) is 3.30. The summed E-state index contributed by atoms with van der Waals surface area (Å²) in [6.45, 7) is 3.48. The normalized spacial score (nSPS) is 14.1. The van der Waals surface area contributed by atoms with Gasteiger partial charge in [-0.25, -0.2) is 13.1 Å². The molecule has 0 saturated heterocycles. The molecule has 1 unspecified atom stereocenters. The highest BCUT2D eigenvalue weighted by atomic mass is 32.2. The van der Waals surface area contributed by atoms with Crippen molar-refractivity contribution in [1.29, 1.82) is 0 Å². The molecule has 0 aromatic carbocycles. The number of nitrogens with one attached hydrogen (secondary N) is 1. The molecular weight excluding hydrogens is 234 g/mol. The van der Waals surface area contributed by atoms with Crippen LogP contribution in [0.4, 0.5) is 0 Å². The fourth-order valence-electron chi connectivity index (χ4n) is 1.10. The SMILES string of the molecule is CCC(C)NS(=O)(=O)c1ccsc1CO. The van der Waals surface area contributed by atoms with Crippen LogP contribution in [0.5, 0.6) is 0 Å². The van der Waals surface area contributed by atoms with Crippen molar-refractivity contribution in [2.24, 2.45) is 0 Å². The minimum atomic E-state index is -3.47. The van der Waals surface area contributed by atoms with Crippen LogP contribution in [-0.4, -0.2) is 19.6 Å². The molecule has 6 heteroatoms. The van der Waals surface area contributed by atoms with Gasteiger partial charge in [-0.2, -0.15) is 0 Å². The van der Waals surface area contributed by atoms with Gasteiger partial charge in [0.15, 0.2) is 0 Å². The lowest BCUT2D eigenvalue weighted by Crippen LogP contribution is -2.32. The van der Waals surface area contributed by atoms with E-state index in [1.54, 1.807) is 5.38 Å². The maximum Gasteiger partial charge on any atom is 0.242 e. The van der Waals surface area contributed by atoms with E-state index in [0.717, 1.165) is 6.42 Å². The van der Waals surface area contributed by atoms with Crippen LogP contribution in [0.15, 0.2) is 16.3 Å². The summed E-state index contributed by atoms with van der Waals surface area (Å²) >= 11 is 1.24. The molecular formula is C9H15NO3S2. The minimum absolute atomic E-state index is 0.0959. The first kappa shape index (κ1) is 12.6. The van der Waals surface area contributed by atoms with Gasteiger partial charge in [0.25, 0.3) is 0 Å². The summed E-state index contributed by atoms with van der Waals surface area (Å²) in [5, 5.41) is 10.6. The average molecular weight is 249 g/mol. The Balaban J connectivity index is 2.96. The van der Waals surface area contributed by atoms with Gasteiger partial charge in [-0.05, 0) is 24.8 Å². The Morgan fingerprint density at radius 1 is 1.60 bits per heavy atom. The van der Waals surface area contributed by atoms with Crippen molar-refractivity contribution in [3.05, 3.63) is 16.3 Å². The molecule has 4 nitrogen and oxygen atoms in total. The zero-order chi connectivity index (χ0) is 11.5. The van der Waals surface area contributed by atoms with E-state index in [1.165, 1.54) is 17.4 Å². The molecule has 0 saturated carbocycles. The van der Waals surface area contributed by atoms with E-state index < -0.39 is 10.0 Å². The molecule has 1 aromatic rings. The molecule has 0 spiro atoms. The van der Waals surface area contributed by atoms with Gasteiger partial charge in [0, 0.05) is 10.9 Å². The van der Waals surface area contributed by atoms with E-state index in [4.69, 9.17) is 5.11 Å². The standard InChI is InChI=1S/C9H15NO3S2/c1-3-7(2)10-15(12,13)9-4-5-14-8(9)6-11/h4-5,7,10-11H,3,6H2,1-2H3. The highest BCUT2D eigenvalue weighted by molar-refractivity contribution is 7.89. The number of hydrogen-bond acceptors (Lipinski definition) is 4. The van der Waals surface area contributed by atoms with Gasteiger partial charge in [-0.15, -0.1) is 11.3 Å². The molecule has 0 radical (unpaired) electrons. The van der Waals surface area contributed by atoms with Crippen LogP contribution in [0, 0.1) is 0 Å². The van der Waals surface area contributed by atoms with Gasteiger partial charge >= 0.3 is 0 Å². The van der Waals surface area contributed by atoms with Gasteiger partial charge in [0.1, 0.15) is 0 Å². The topological polar surface area (TPSA) is 66.4 Å². The van der Waals surface area contributed by atoms with Crippen molar-refractivity contribution in [2.45, 2.75) is 37.8 Å². The van der Waals surface area contributed by atoms with Gasteiger partial charge in [-0.1, -0.05) is 6.92 Å². The van der Waals surface area contributed by atoms with Gasteiger partial charge in [0.05, 0.1) is 11.5 Å². The van der Waals surface area contributed by atoms with Gasteiger partial charge in [0.2, 0.25) is 10.0 Å². The summed E-state index contributed by atoms with van der Waals surface area (Å²) in [6.07, 6.45) is 0.734. The van der Waals surface area contributed by atoms with Crippen molar-refractivity contribution in [3.63, 3.8) is 0 Å². The van der Waals surface area contributed by atoms with Crippen molar-refractivity contribution in [3.8, 4) is 0 Å². The summed E-state index contributed by atoms with van der Waals surface area (Å²) in [7, 11) is -3.47. The highest BCUT2D eigenvalue weighted by Gasteiger charge is 2.20. The smallest absolute Gasteiger partial charge is 0.242 e. The Morgan fingerprint density at radius 2 is 2.27 bits per heavy atom. The number of aliphatic hydroxyl groups is 1. The molecule has 1 atom stereocenters. The third-order valence-corrected chi connectivity index (χ3v) is 4.82. The molecule has 15 heavy (non-hydrogen) atoms. The minimum Gasteiger partial charge on any atom is -0.391 e. The van der Waals surface area contributed by atoms with Gasteiger partial charge < -0.3 is 5.11 Å². The van der Waals surface area contributed by atoms with E-state index in [2.05, 4.69) is 4.72 Å². The molecule has 0 aliphatic heterocycles. The summed E-state index contributed by atoms with van der Waals surface area (Å²) < 4.78 is 26.2. The fraction of sp³-hybridized carbons (Fsp3) is 0.556. The summed E-state index contributed by atoms with van der Waals surface area (Å²) in [5.74, 6) is 0. The average Bonchev–Trinajstić information content (AvgIpc) is 2.65. The van der Waals surface area contributed by atoms with E-state index in [1.807, 2.05) is 13.8 Å². The second kappa shape index (κ2) is 5.07. The molecule has 0 aliphatic carbocycles. The first-order chi connectivity index (χ1) is 7.01. The predicted molar refractivity (Wildman–Crippen MR) is 60.3 cm³/mol. The number of aliphatic hydroxyl groups excluding tert-OH is 1. The molecule has 1 heterocycles. The first-order valence-corrected chi connectivity index (χ1v) is 7.07. The zero-order valence-corrected chi connectivity index (χ0v) is 10.4. The molecule has 1 rings (SSSR count). The number of sulfonamides is 1. The molecule has 0 bridgehead atoms. The number of hydrogen-bond donors (Lipinski definition) is 2. The lowest BCUT2D eigenvalue weighted by molar-refractivity contribution is 0.282. The monoisotopic (exact) mass is 249 g/mol. The predicted octanol–water partition coefficient (Wildman–Crippen LogP) is 1.32. The van der Waals surface area contributed by atoms with Crippen LogP contribution in [-0.2, 0) is 16.6 Å². The fourth-order valence-corrected chi connectivity index (χ4v) is 3.72. The maximum atomic E-state index is 11.8. The summed E-state index contributed by atoms with van der Waals surface area (Å²) in [4.78, 5) is 0.668. The van der Waals surface area contributed by atoms with Crippen molar-refractivity contribution in [1.82, 2.24) is 4.72 Å². The van der Waals surface area contributed by atoms with E-state index in [-0.39, 0.29) is 17.5 Å². The van der Waals surface area contributed by atoms with Crippen LogP contribution in [0.1, 0.15) is 25.1 Å². The maximum absolute atomic E-state index is 11.8. The van der Waals surface area contributed by atoms with Crippen molar-refractivity contribution >= 4 is 21.4 Å². The molecule has 0 fully saturated rings. The lowest BCUT2D eigenvalue weighted by atomic mass is 10.3. The van der Waals surface area contributed by atoms with Crippen molar-refractivity contribution in [2.75, 3.05) is 0 Å². The Kier molecular flexibility index (Phi) is 4.27. The van der Waals surface area contributed by atoms with Crippen LogP contribution < -0.4 is 4.72 Å². The van der Waals surface area contributed by atoms with Crippen LogP contribution in [0.25, 0.3) is 0 Å². The van der Waals surface area contributed by atoms with Crippen LogP contribution in [0.3, 0.4) is 0 Å². The van der Waals surface area contributed by atoms with E-state index in [0.29, 0.717) is 4.88 Å². The van der Waals surface area contributed by atoms with Crippen LogP contribution >= 0.6 is 11.3 Å². The van der Waals surface area contributed by atoms with E-state index in [9.17, 15) is 8.42 Å². The van der Waals surface area contributed by atoms with Crippen LogP contribution in [0.2, 0.25) is 0 Å². The third kappa shape index (κ3) is 3.01. The van der Waals surface area contributed by atoms with Crippen molar-refractivity contribution < 1.29 is 13.5 Å². The number of rotatable bonds is 5. The number of thiophene rings is 1. The third-order valence-electron chi connectivity index (χ3n) is 2.11. The molecule has 2 N–H and O–H groups in total. The van der Waals surface area contributed by atoms with Gasteiger partial charge in [-0.3, -0.25) is 0 Å². The Labute approximate surface area is 94.0 Å². The zero-order valence-electron chi connectivity index (χ0n) is 8.73. The second-order valence-corrected chi connectivity index (χ2v) is 5.98. The summed E-state index contributed by atoms with van der Waals surface area (Å²) in [5.41, 5.74) is 0. The Morgan fingerprint density at radius 3 is 2.80 bits per heavy atom. The largest absolute Gasteiger partial charge is 0.391 e. The summed E-state index contributed by atoms with van der Waals surface area (Å²) in [6, 6.07) is 1.42. The molecule has 1 aromatic heterocycles. The molecule has 0 aliphatic rings. The quantitative estimate of drug-likeness (QED) is 0.827.